The molecule has 0 fully saturated rings. The summed E-state index contributed by atoms with van der Waals surface area (Å²) in [4.78, 5) is 2.50. The van der Waals surface area contributed by atoms with Gasteiger partial charge in [0.2, 0.25) is 0 Å². The highest BCUT2D eigenvalue weighted by Crippen LogP contribution is 2.29. The molecular weight excluding hydrogens is 300 g/mol. The minimum absolute atomic E-state index is 0.0776. The molecule has 1 rings (SSSR count). The highest BCUT2D eigenvalue weighted by molar-refractivity contribution is 9.10. The fraction of sp³-hybridized carbons (Fsp3) is 0.625. The molecule has 2 N–H and O–H groups in total. The maximum Gasteiger partial charge on any atom is 0.0425 e. The van der Waals surface area contributed by atoms with Gasteiger partial charge in [0.05, 0.1) is 0 Å². The second kappa shape index (κ2) is 8.60. The van der Waals surface area contributed by atoms with Gasteiger partial charge in [-0.1, -0.05) is 48.7 Å². The zero-order valence-electron chi connectivity index (χ0n) is 12.5. The Labute approximate surface area is 126 Å². The topological polar surface area (TPSA) is 29.3 Å². The van der Waals surface area contributed by atoms with Crippen LogP contribution in [-0.2, 0) is 0 Å². The molecule has 1 unspecified atom stereocenters. The average molecular weight is 327 g/mol. The first-order valence-electron chi connectivity index (χ1n) is 7.40. The Hall–Kier alpha value is -0.540. The Kier molecular flexibility index (Phi) is 7.47. The predicted molar refractivity (Wildman–Crippen MR) is 88.8 cm³/mol. The third-order valence-corrected chi connectivity index (χ3v) is 3.88. The minimum Gasteiger partial charge on any atom is -0.371 e. The van der Waals surface area contributed by atoms with Gasteiger partial charge < -0.3 is 10.6 Å². The van der Waals surface area contributed by atoms with Crippen molar-refractivity contribution in [2.24, 2.45) is 5.73 Å². The number of nitrogens with two attached hydrogens (primary N) is 1. The Balaban J connectivity index is 3.00. The maximum atomic E-state index is 6.12. The van der Waals surface area contributed by atoms with Gasteiger partial charge in [0.25, 0.3) is 0 Å². The molecule has 1 aromatic carbocycles. The summed E-state index contributed by atoms with van der Waals surface area (Å²) < 4.78 is 1.13. The molecule has 0 aliphatic heterocycles. The molecule has 0 bridgehead atoms. The number of anilines is 1. The molecule has 108 valence electrons. The number of hydrogen-bond donors (Lipinski definition) is 1. The monoisotopic (exact) mass is 326 g/mol. The molecule has 19 heavy (non-hydrogen) atoms. The van der Waals surface area contributed by atoms with Gasteiger partial charge in [0.1, 0.15) is 0 Å². The highest BCUT2D eigenvalue weighted by atomic mass is 79.9. The fourth-order valence-electron chi connectivity index (χ4n) is 2.23. The first-order chi connectivity index (χ1) is 9.10. The molecule has 0 radical (unpaired) electrons. The van der Waals surface area contributed by atoms with Gasteiger partial charge in [-0.25, -0.2) is 0 Å². The average Bonchev–Trinajstić information content (AvgIpc) is 2.38. The first kappa shape index (κ1) is 16.5. The second-order valence-corrected chi connectivity index (χ2v) is 6.10. The van der Waals surface area contributed by atoms with Crippen LogP contribution in [0.2, 0.25) is 0 Å². The lowest BCUT2D eigenvalue weighted by Crippen LogP contribution is -2.27. The van der Waals surface area contributed by atoms with Crippen LogP contribution in [-0.4, -0.2) is 13.1 Å². The van der Waals surface area contributed by atoms with Crippen molar-refractivity contribution in [3.63, 3.8) is 0 Å². The molecule has 1 atom stereocenters. The lowest BCUT2D eigenvalue weighted by Gasteiger charge is -2.28. The van der Waals surface area contributed by atoms with E-state index in [2.05, 4.69) is 59.8 Å². The van der Waals surface area contributed by atoms with E-state index < -0.39 is 0 Å². The van der Waals surface area contributed by atoms with E-state index in [0.29, 0.717) is 0 Å². The zero-order chi connectivity index (χ0) is 14.3. The summed E-state index contributed by atoms with van der Waals surface area (Å²) in [7, 11) is 0. The van der Waals surface area contributed by atoms with E-state index in [1.54, 1.807) is 0 Å². The summed E-state index contributed by atoms with van der Waals surface area (Å²) >= 11 is 3.58. The van der Waals surface area contributed by atoms with Crippen LogP contribution >= 0.6 is 15.9 Å². The third-order valence-electron chi connectivity index (χ3n) is 3.39. The predicted octanol–water partition coefficient (Wildman–Crippen LogP) is 4.88. The summed E-state index contributed by atoms with van der Waals surface area (Å²) in [6.45, 7) is 8.78. The largest absolute Gasteiger partial charge is 0.371 e. The molecule has 0 saturated carbocycles. The van der Waals surface area contributed by atoms with Crippen molar-refractivity contribution < 1.29 is 0 Å². The smallest absolute Gasteiger partial charge is 0.0425 e. The van der Waals surface area contributed by atoms with Crippen molar-refractivity contribution in [2.75, 3.05) is 18.0 Å². The molecule has 2 nitrogen and oxygen atoms in total. The third kappa shape index (κ3) is 5.15. The minimum atomic E-state index is 0.0776. The summed E-state index contributed by atoms with van der Waals surface area (Å²) in [5, 5.41) is 0. The SMILES string of the molecule is CCCCN(CCCC)c1cc(Br)ccc1C(C)N. The van der Waals surface area contributed by atoms with Crippen LogP contribution < -0.4 is 10.6 Å². The fourth-order valence-corrected chi connectivity index (χ4v) is 2.58. The van der Waals surface area contributed by atoms with E-state index in [1.807, 2.05) is 0 Å². The Morgan fingerprint density at radius 1 is 1.16 bits per heavy atom. The van der Waals surface area contributed by atoms with E-state index in [0.717, 1.165) is 17.6 Å². The van der Waals surface area contributed by atoms with Crippen molar-refractivity contribution in [1.29, 1.82) is 0 Å². The van der Waals surface area contributed by atoms with Crippen molar-refractivity contribution in [1.82, 2.24) is 0 Å². The molecular formula is C16H27BrN2. The summed E-state index contributed by atoms with van der Waals surface area (Å²) in [5.41, 5.74) is 8.66. The van der Waals surface area contributed by atoms with E-state index >= 15 is 0 Å². The van der Waals surface area contributed by atoms with E-state index in [9.17, 15) is 0 Å². The molecule has 1 aromatic rings. The Morgan fingerprint density at radius 3 is 2.21 bits per heavy atom. The molecule has 0 amide bonds. The van der Waals surface area contributed by atoms with Crippen molar-refractivity contribution in [2.45, 2.75) is 52.5 Å². The molecule has 0 saturated heterocycles. The van der Waals surface area contributed by atoms with Crippen LogP contribution in [0.3, 0.4) is 0 Å². The normalized spacial score (nSPS) is 12.5. The van der Waals surface area contributed by atoms with Gasteiger partial charge in [-0.05, 0) is 37.5 Å². The van der Waals surface area contributed by atoms with Crippen LogP contribution in [0.4, 0.5) is 5.69 Å². The van der Waals surface area contributed by atoms with Gasteiger partial charge in [-0.3, -0.25) is 0 Å². The van der Waals surface area contributed by atoms with Crippen molar-refractivity contribution in [3.8, 4) is 0 Å². The van der Waals surface area contributed by atoms with Crippen molar-refractivity contribution in [3.05, 3.63) is 28.2 Å². The van der Waals surface area contributed by atoms with Gasteiger partial charge in [-0.2, -0.15) is 0 Å². The van der Waals surface area contributed by atoms with Crippen LogP contribution in [0.15, 0.2) is 22.7 Å². The highest BCUT2D eigenvalue weighted by Gasteiger charge is 2.13. The number of benzene rings is 1. The summed E-state index contributed by atoms with van der Waals surface area (Å²) in [6.07, 6.45) is 4.91. The van der Waals surface area contributed by atoms with Crippen molar-refractivity contribution >= 4 is 21.6 Å². The maximum absolute atomic E-state index is 6.12. The standard InChI is InChI=1S/C16H27BrN2/c1-4-6-10-19(11-7-5-2)16-12-14(17)8-9-15(16)13(3)18/h8-9,12-13H,4-7,10-11,18H2,1-3H3. The van der Waals surface area contributed by atoms with Crippen LogP contribution in [0, 0.1) is 0 Å². The molecule has 0 heterocycles. The Morgan fingerprint density at radius 2 is 1.74 bits per heavy atom. The number of halogens is 1. The Bertz CT molecular complexity index is 369. The molecule has 0 aliphatic carbocycles. The van der Waals surface area contributed by atoms with Crippen LogP contribution in [0.1, 0.15) is 58.1 Å². The lowest BCUT2D eigenvalue weighted by atomic mass is 10.1. The van der Waals surface area contributed by atoms with Crippen LogP contribution in [0.25, 0.3) is 0 Å². The second-order valence-electron chi connectivity index (χ2n) is 5.19. The van der Waals surface area contributed by atoms with E-state index in [1.165, 1.54) is 36.9 Å². The number of unbranched alkanes of at least 4 members (excludes halogenated alkanes) is 2. The first-order valence-corrected chi connectivity index (χ1v) is 8.19. The van der Waals surface area contributed by atoms with Gasteiger partial charge in [0, 0.05) is 29.3 Å². The summed E-state index contributed by atoms with van der Waals surface area (Å²) in [6, 6.07) is 6.52. The summed E-state index contributed by atoms with van der Waals surface area (Å²) in [5.74, 6) is 0. The number of rotatable bonds is 8. The number of nitrogens with zero attached hydrogens (tertiary/aromatic N) is 1. The molecule has 0 aliphatic rings. The number of hydrogen-bond acceptors (Lipinski definition) is 2. The molecule has 0 aromatic heterocycles. The molecule has 0 spiro atoms. The van der Waals surface area contributed by atoms with Gasteiger partial charge in [-0.15, -0.1) is 0 Å². The van der Waals surface area contributed by atoms with Crippen LogP contribution in [0.5, 0.6) is 0 Å². The van der Waals surface area contributed by atoms with E-state index in [-0.39, 0.29) is 6.04 Å². The zero-order valence-corrected chi connectivity index (χ0v) is 14.0. The quantitative estimate of drug-likeness (QED) is 0.738. The van der Waals surface area contributed by atoms with E-state index in [4.69, 9.17) is 5.73 Å². The van der Waals surface area contributed by atoms with Gasteiger partial charge in [0.15, 0.2) is 0 Å². The lowest BCUT2D eigenvalue weighted by molar-refractivity contribution is 0.670. The van der Waals surface area contributed by atoms with Gasteiger partial charge >= 0.3 is 0 Å². The molecule has 3 heteroatoms.